The third-order valence-corrected chi connectivity index (χ3v) is 2.63. The molecule has 0 saturated heterocycles. The zero-order valence-corrected chi connectivity index (χ0v) is 10.3. The molecule has 0 saturated carbocycles. The normalized spacial score (nSPS) is 10.4. The fraction of sp³-hybridized carbons (Fsp3) is 0.333. The Bertz CT molecular complexity index is 446. The second kappa shape index (κ2) is 5.77. The van der Waals surface area contributed by atoms with Crippen LogP contribution in [-0.2, 0) is 11.3 Å². The SMILES string of the molecule is CC(C)C(=O)NCc1ccc(Cl)c(C=O)c1F. The second-order valence-electron chi connectivity index (χ2n) is 3.92. The average Bonchev–Trinajstić information content (AvgIpc) is 2.28. The van der Waals surface area contributed by atoms with Gasteiger partial charge in [-0.05, 0) is 6.07 Å². The van der Waals surface area contributed by atoms with Gasteiger partial charge >= 0.3 is 0 Å². The van der Waals surface area contributed by atoms with Crippen LogP contribution in [0.1, 0.15) is 29.8 Å². The first-order chi connectivity index (χ1) is 7.97. The summed E-state index contributed by atoms with van der Waals surface area (Å²) < 4.78 is 13.7. The van der Waals surface area contributed by atoms with Gasteiger partial charge in [-0.25, -0.2) is 4.39 Å². The summed E-state index contributed by atoms with van der Waals surface area (Å²) in [5.74, 6) is -1.03. The van der Waals surface area contributed by atoms with Crippen LogP contribution in [0.2, 0.25) is 5.02 Å². The van der Waals surface area contributed by atoms with Crippen molar-refractivity contribution in [2.75, 3.05) is 0 Å². The number of carbonyl (C=O) groups excluding carboxylic acids is 2. The quantitative estimate of drug-likeness (QED) is 0.843. The molecule has 0 fully saturated rings. The zero-order chi connectivity index (χ0) is 13.0. The maximum absolute atomic E-state index is 13.7. The van der Waals surface area contributed by atoms with Crippen molar-refractivity contribution < 1.29 is 14.0 Å². The Kier molecular flexibility index (Phi) is 4.63. The molecule has 92 valence electrons. The summed E-state index contributed by atoms with van der Waals surface area (Å²) in [6, 6.07) is 2.89. The van der Waals surface area contributed by atoms with E-state index in [9.17, 15) is 14.0 Å². The lowest BCUT2D eigenvalue weighted by atomic mass is 10.1. The number of amides is 1. The molecule has 0 aliphatic rings. The van der Waals surface area contributed by atoms with Gasteiger partial charge in [0.1, 0.15) is 5.82 Å². The van der Waals surface area contributed by atoms with Crippen molar-refractivity contribution in [2.45, 2.75) is 20.4 Å². The molecule has 1 amide bonds. The maximum Gasteiger partial charge on any atom is 0.222 e. The van der Waals surface area contributed by atoms with E-state index in [0.717, 1.165) is 0 Å². The van der Waals surface area contributed by atoms with Crippen LogP contribution in [0.3, 0.4) is 0 Å². The Labute approximate surface area is 104 Å². The molecule has 0 aliphatic heterocycles. The van der Waals surface area contributed by atoms with Gasteiger partial charge in [-0.15, -0.1) is 0 Å². The van der Waals surface area contributed by atoms with Gasteiger partial charge in [0, 0.05) is 18.0 Å². The van der Waals surface area contributed by atoms with E-state index in [1.807, 2.05) is 0 Å². The number of halogens is 2. The van der Waals surface area contributed by atoms with Gasteiger partial charge in [-0.1, -0.05) is 31.5 Å². The largest absolute Gasteiger partial charge is 0.352 e. The third-order valence-electron chi connectivity index (χ3n) is 2.30. The molecule has 1 rings (SSSR count). The zero-order valence-electron chi connectivity index (χ0n) is 9.59. The van der Waals surface area contributed by atoms with Crippen LogP contribution < -0.4 is 5.32 Å². The highest BCUT2D eigenvalue weighted by atomic mass is 35.5. The number of nitrogens with one attached hydrogen (secondary N) is 1. The van der Waals surface area contributed by atoms with Gasteiger partial charge in [0.15, 0.2) is 6.29 Å². The topological polar surface area (TPSA) is 46.2 Å². The summed E-state index contributed by atoms with van der Waals surface area (Å²) in [7, 11) is 0. The van der Waals surface area contributed by atoms with E-state index < -0.39 is 5.82 Å². The molecular weight excluding hydrogens is 245 g/mol. The lowest BCUT2D eigenvalue weighted by Crippen LogP contribution is -2.27. The van der Waals surface area contributed by atoms with E-state index in [2.05, 4.69) is 5.32 Å². The molecular formula is C12H13ClFNO2. The fourth-order valence-electron chi connectivity index (χ4n) is 1.25. The van der Waals surface area contributed by atoms with Crippen LogP contribution in [0.15, 0.2) is 12.1 Å². The van der Waals surface area contributed by atoms with E-state index in [0.29, 0.717) is 6.29 Å². The van der Waals surface area contributed by atoms with Crippen LogP contribution >= 0.6 is 11.6 Å². The van der Waals surface area contributed by atoms with Crippen LogP contribution in [0.5, 0.6) is 0 Å². The van der Waals surface area contributed by atoms with Gasteiger partial charge in [0.25, 0.3) is 0 Å². The summed E-state index contributed by atoms with van der Waals surface area (Å²) >= 11 is 5.66. The molecule has 0 unspecified atom stereocenters. The molecule has 0 radical (unpaired) electrons. The van der Waals surface area contributed by atoms with E-state index in [1.165, 1.54) is 12.1 Å². The summed E-state index contributed by atoms with van der Waals surface area (Å²) in [6.45, 7) is 3.52. The predicted molar refractivity (Wildman–Crippen MR) is 63.5 cm³/mol. The maximum atomic E-state index is 13.7. The average molecular weight is 258 g/mol. The van der Waals surface area contributed by atoms with Crippen molar-refractivity contribution in [3.05, 3.63) is 34.1 Å². The first-order valence-corrected chi connectivity index (χ1v) is 5.55. The number of rotatable bonds is 4. The fourth-order valence-corrected chi connectivity index (χ4v) is 1.44. The van der Waals surface area contributed by atoms with Crippen molar-refractivity contribution in [3.8, 4) is 0 Å². The Morgan fingerprint density at radius 2 is 2.18 bits per heavy atom. The van der Waals surface area contributed by atoms with Crippen LogP contribution in [0, 0.1) is 11.7 Å². The number of hydrogen-bond donors (Lipinski definition) is 1. The van der Waals surface area contributed by atoms with Crippen LogP contribution in [0.25, 0.3) is 0 Å². The number of aldehydes is 1. The molecule has 1 aromatic carbocycles. The number of benzene rings is 1. The van der Waals surface area contributed by atoms with E-state index in [1.54, 1.807) is 13.8 Å². The molecule has 0 spiro atoms. The summed E-state index contributed by atoms with van der Waals surface area (Å²) in [5, 5.41) is 2.64. The molecule has 5 heteroatoms. The molecule has 3 nitrogen and oxygen atoms in total. The molecule has 0 bridgehead atoms. The predicted octanol–water partition coefficient (Wildman–Crippen LogP) is 2.56. The van der Waals surface area contributed by atoms with Crippen LogP contribution in [0.4, 0.5) is 4.39 Å². The highest BCUT2D eigenvalue weighted by Crippen LogP contribution is 2.20. The first kappa shape index (κ1) is 13.6. The molecule has 0 atom stereocenters. The van der Waals surface area contributed by atoms with Gasteiger partial charge in [0.2, 0.25) is 5.91 Å². The van der Waals surface area contributed by atoms with Gasteiger partial charge in [-0.2, -0.15) is 0 Å². The summed E-state index contributed by atoms with van der Waals surface area (Å²) in [6.07, 6.45) is 0.367. The summed E-state index contributed by atoms with van der Waals surface area (Å²) in [4.78, 5) is 22.0. The van der Waals surface area contributed by atoms with E-state index in [-0.39, 0.29) is 34.5 Å². The molecule has 1 N–H and O–H groups in total. The van der Waals surface area contributed by atoms with Crippen LogP contribution in [-0.4, -0.2) is 12.2 Å². The Hall–Kier alpha value is -1.42. The van der Waals surface area contributed by atoms with E-state index in [4.69, 9.17) is 11.6 Å². The molecule has 0 aliphatic carbocycles. The highest BCUT2D eigenvalue weighted by Gasteiger charge is 2.13. The van der Waals surface area contributed by atoms with Crippen molar-refractivity contribution in [2.24, 2.45) is 5.92 Å². The lowest BCUT2D eigenvalue weighted by molar-refractivity contribution is -0.124. The van der Waals surface area contributed by atoms with Crippen molar-refractivity contribution >= 4 is 23.8 Å². The standard InChI is InChI=1S/C12H13ClFNO2/c1-7(2)12(17)15-5-8-3-4-10(13)9(6-16)11(8)14/h3-4,6-7H,5H2,1-2H3,(H,15,17). The number of carbonyl (C=O) groups is 2. The molecule has 17 heavy (non-hydrogen) atoms. The lowest BCUT2D eigenvalue weighted by Gasteiger charge is -2.09. The van der Waals surface area contributed by atoms with Crippen molar-refractivity contribution in [3.63, 3.8) is 0 Å². The number of hydrogen-bond acceptors (Lipinski definition) is 2. The van der Waals surface area contributed by atoms with Crippen molar-refractivity contribution in [1.82, 2.24) is 5.32 Å². The third kappa shape index (κ3) is 3.27. The Morgan fingerprint density at radius 1 is 1.53 bits per heavy atom. The highest BCUT2D eigenvalue weighted by molar-refractivity contribution is 6.33. The minimum atomic E-state index is -0.684. The first-order valence-electron chi connectivity index (χ1n) is 5.17. The van der Waals surface area contributed by atoms with Gasteiger partial charge < -0.3 is 5.32 Å². The Morgan fingerprint density at radius 3 is 2.71 bits per heavy atom. The second-order valence-corrected chi connectivity index (χ2v) is 4.33. The summed E-state index contributed by atoms with van der Waals surface area (Å²) in [5.41, 5.74) is 0.0634. The van der Waals surface area contributed by atoms with Gasteiger partial charge in [-0.3, -0.25) is 9.59 Å². The van der Waals surface area contributed by atoms with Gasteiger partial charge in [0.05, 0.1) is 10.6 Å². The molecule has 0 aromatic heterocycles. The van der Waals surface area contributed by atoms with Crippen molar-refractivity contribution in [1.29, 1.82) is 0 Å². The monoisotopic (exact) mass is 257 g/mol. The molecule has 1 aromatic rings. The minimum absolute atomic E-state index is 0.0425. The Balaban J connectivity index is 2.86. The smallest absolute Gasteiger partial charge is 0.222 e. The molecule has 0 heterocycles. The minimum Gasteiger partial charge on any atom is -0.352 e. The van der Waals surface area contributed by atoms with E-state index >= 15 is 0 Å².